The Balaban J connectivity index is 1.90. The molecule has 0 aliphatic heterocycles. The van der Waals surface area contributed by atoms with Crippen LogP contribution < -0.4 is 5.32 Å². The molecule has 2 nitrogen and oxygen atoms in total. The first-order chi connectivity index (χ1) is 10.3. The summed E-state index contributed by atoms with van der Waals surface area (Å²) in [6.07, 6.45) is 3.33. The van der Waals surface area contributed by atoms with Crippen molar-refractivity contribution < 1.29 is 0 Å². The number of thiophene rings is 1. The van der Waals surface area contributed by atoms with Crippen LogP contribution in [0.4, 0.5) is 0 Å². The van der Waals surface area contributed by atoms with Gasteiger partial charge in [0.2, 0.25) is 0 Å². The number of nitrogens with one attached hydrogen (secondary N) is 1. The van der Waals surface area contributed by atoms with Crippen LogP contribution in [0.2, 0.25) is 5.02 Å². The highest BCUT2D eigenvalue weighted by Crippen LogP contribution is 2.25. The van der Waals surface area contributed by atoms with Gasteiger partial charge in [0.15, 0.2) is 0 Å². The van der Waals surface area contributed by atoms with E-state index in [9.17, 15) is 0 Å². The average Bonchev–Trinajstić information content (AvgIpc) is 3.10. The van der Waals surface area contributed by atoms with Crippen molar-refractivity contribution in [3.8, 4) is 0 Å². The summed E-state index contributed by atoms with van der Waals surface area (Å²) in [5.41, 5.74) is 2.57. The van der Waals surface area contributed by atoms with E-state index in [1.165, 1.54) is 21.3 Å². The van der Waals surface area contributed by atoms with Gasteiger partial charge in [-0.2, -0.15) is 0 Å². The third-order valence-corrected chi connectivity index (χ3v) is 4.84. The van der Waals surface area contributed by atoms with E-state index in [2.05, 4.69) is 52.7 Å². The van der Waals surface area contributed by atoms with Gasteiger partial charge in [-0.05, 0) is 42.1 Å². The minimum Gasteiger partial charge on any atom is -0.347 e. The number of hydrogen-bond donors (Lipinski definition) is 1. The first kappa shape index (κ1) is 14.6. The molecule has 110 valence electrons. The molecule has 4 heteroatoms. The molecule has 0 radical (unpaired) electrons. The number of halogens is 1. The second kappa shape index (κ2) is 6.65. The van der Waals surface area contributed by atoms with E-state index < -0.39 is 0 Å². The van der Waals surface area contributed by atoms with Crippen molar-refractivity contribution in [2.24, 2.45) is 0 Å². The maximum atomic E-state index is 6.18. The molecule has 2 aromatic heterocycles. The van der Waals surface area contributed by atoms with Gasteiger partial charge >= 0.3 is 0 Å². The number of aromatic nitrogens is 1. The molecular weight excluding hydrogens is 300 g/mol. The Labute approximate surface area is 134 Å². The average molecular weight is 319 g/mol. The van der Waals surface area contributed by atoms with Crippen LogP contribution >= 0.6 is 22.9 Å². The maximum Gasteiger partial charge on any atom is 0.0498 e. The first-order valence-electron chi connectivity index (χ1n) is 7.28. The summed E-state index contributed by atoms with van der Waals surface area (Å²) >= 11 is 8.00. The van der Waals surface area contributed by atoms with E-state index in [1.807, 2.05) is 17.4 Å². The lowest BCUT2D eigenvalue weighted by atomic mass is 10.2. The molecule has 0 fully saturated rings. The first-order valence-corrected chi connectivity index (χ1v) is 8.54. The molecule has 2 heterocycles. The van der Waals surface area contributed by atoms with Gasteiger partial charge in [0.05, 0.1) is 0 Å². The van der Waals surface area contributed by atoms with Gasteiger partial charge in [0, 0.05) is 40.1 Å². The predicted molar refractivity (Wildman–Crippen MR) is 92.4 cm³/mol. The summed E-state index contributed by atoms with van der Waals surface area (Å²) in [4.78, 5) is 1.42. The minimum atomic E-state index is 0.799. The summed E-state index contributed by atoms with van der Waals surface area (Å²) in [6.45, 7) is 5.01. The standard InChI is InChI=1S/C17H19ClN2S/c1-2-19-11-13-12-20(8-7-15-4-3-9-21-15)17-10-14(18)5-6-16(13)17/h3-6,9-10,12,19H,2,7-8,11H2,1H3. The molecule has 0 unspecified atom stereocenters. The molecule has 0 atom stereocenters. The lowest BCUT2D eigenvalue weighted by molar-refractivity contribution is 0.705. The number of hydrogen-bond acceptors (Lipinski definition) is 2. The Hall–Kier alpha value is -1.29. The Morgan fingerprint density at radius 2 is 2.19 bits per heavy atom. The van der Waals surface area contributed by atoms with Crippen molar-refractivity contribution in [2.45, 2.75) is 26.4 Å². The van der Waals surface area contributed by atoms with E-state index >= 15 is 0 Å². The fraction of sp³-hybridized carbons (Fsp3) is 0.294. The summed E-state index contributed by atoms with van der Waals surface area (Å²) in [5.74, 6) is 0. The van der Waals surface area contributed by atoms with Crippen LogP contribution in [0.3, 0.4) is 0 Å². The van der Waals surface area contributed by atoms with Crippen LogP contribution in [0.25, 0.3) is 10.9 Å². The van der Waals surface area contributed by atoms with E-state index in [0.717, 1.165) is 31.1 Å². The third kappa shape index (κ3) is 3.31. The summed E-state index contributed by atoms with van der Waals surface area (Å²) in [5, 5.41) is 7.64. The maximum absolute atomic E-state index is 6.18. The van der Waals surface area contributed by atoms with Gasteiger partial charge in [-0.1, -0.05) is 30.7 Å². The minimum absolute atomic E-state index is 0.799. The number of fused-ring (bicyclic) bond motifs is 1. The van der Waals surface area contributed by atoms with E-state index in [1.54, 1.807) is 0 Å². The van der Waals surface area contributed by atoms with Crippen LogP contribution in [-0.2, 0) is 19.5 Å². The van der Waals surface area contributed by atoms with Crippen molar-refractivity contribution in [3.05, 3.63) is 57.4 Å². The third-order valence-electron chi connectivity index (χ3n) is 3.67. The Bertz CT molecular complexity index is 716. The van der Waals surface area contributed by atoms with Crippen LogP contribution in [0.1, 0.15) is 17.4 Å². The Morgan fingerprint density at radius 3 is 2.95 bits per heavy atom. The number of aryl methyl sites for hydroxylation is 2. The van der Waals surface area contributed by atoms with Crippen LogP contribution in [-0.4, -0.2) is 11.1 Å². The Kier molecular flexibility index (Phi) is 4.63. The zero-order valence-electron chi connectivity index (χ0n) is 12.1. The zero-order valence-corrected chi connectivity index (χ0v) is 13.7. The summed E-state index contributed by atoms with van der Waals surface area (Å²) in [6, 6.07) is 10.5. The second-order valence-corrected chi connectivity index (χ2v) is 6.59. The van der Waals surface area contributed by atoms with Gasteiger partial charge in [-0.25, -0.2) is 0 Å². The molecular formula is C17H19ClN2S. The molecule has 1 N–H and O–H groups in total. The zero-order chi connectivity index (χ0) is 14.7. The topological polar surface area (TPSA) is 17.0 Å². The molecule has 1 aromatic carbocycles. The van der Waals surface area contributed by atoms with E-state index in [0.29, 0.717) is 0 Å². The molecule has 0 bridgehead atoms. The van der Waals surface area contributed by atoms with Gasteiger partial charge in [-0.15, -0.1) is 11.3 Å². The fourth-order valence-corrected chi connectivity index (χ4v) is 3.48. The highest BCUT2D eigenvalue weighted by Gasteiger charge is 2.09. The Morgan fingerprint density at radius 1 is 1.29 bits per heavy atom. The van der Waals surface area contributed by atoms with Gasteiger partial charge < -0.3 is 9.88 Å². The van der Waals surface area contributed by atoms with Crippen LogP contribution in [0.5, 0.6) is 0 Å². The molecule has 3 aromatic rings. The lowest BCUT2D eigenvalue weighted by Crippen LogP contribution is -2.11. The molecule has 0 aliphatic rings. The molecule has 0 spiro atoms. The van der Waals surface area contributed by atoms with E-state index in [-0.39, 0.29) is 0 Å². The molecule has 21 heavy (non-hydrogen) atoms. The highest BCUT2D eigenvalue weighted by molar-refractivity contribution is 7.09. The normalized spacial score (nSPS) is 11.3. The van der Waals surface area contributed by atoms with Gasteiger partial charge in [0.1, 0.15) is 0 Å². The molecule has 0 saturated heterocycles. The van der Waals surface area contributed by atoms with Crippen molar-refractivity contribution >= 4 is 33.8 Å². The van der Waals surface area contributed by atoms with E-state index in [4.69, 9.17) is 11.6 Å². The van der Waals surface area contributed by atoms with Crippen LogP contribution in [0.15, 0.2) is 41.9 Å². The highest BCUT2D eigenvalue weighted by atomic mass is 35.5. The molecule has 0 saturated carbocycles. The molecule has 3 rings (SSSR count). The van der Waals surface area contributed by atoms with Gasteiger partial charge in [0.25, 0.3) is 0 Å². The predicted octanol–water partition coefficient (Wildman–Crippen LogP) is 4.71. The molecule has 0 aliphatic carbocycles. The quantitative estimate of drug-likeness (QED) is 0.696. The van der Waals surface area contributed by atoms with Crippen molar-refractivity contribution in [3.63, 3.8) is 0 Å². The fourth-order valence-electron chi connectivity index (χ4n) is 2.61. The van der Waals surface area contributed by atoms with Crippen molar-refractivity contribution in [1.29, 1.82) is 0 Å². The number of rotatable bonds is 6. The lowest BCUT2D eigenvalue weighted by Gasteiger charge is -2.04. The SMILES string of the molecule is CCNCc1cn(CCc2cccs2)c2cc(Cl)ccc12. The summed E-state index contributed by atoms with van der Waals surface area (Å²) in [7, 11) is 0. The van der Waals surface area contributed by atoms with Crippen molar-refractivity contribution in [1.82, 2.24) is 9.88 Å². The van der Waals surface area contributed by atoms with Crippen LogP contribution in [0, 0.1) is 0 Å². The summed E-state index contributed by atoms with van der Waals surface area (Å²) < 4.78 is 2.33. The number of nitrogens with zero attached hydrogens (tertiary/aromatic N) is 1. The monoisotopic (exact) mass is 318 g/mol. The largest absolute Gasteiger partial charge is 0.347 e. The smallest absolute Gasteiger partial charge is 0.0498 e. The second-order valence-electron chi connectivity index (χ2n) is 5.12. The van der Waals surface area contributed by atoms with Gasteiger partial charge in [-0.3, -0.25) is 0 Å². The number of benzene rings is 1. The molecule has 0 amide bonds. The van der Waals surface area contributed by atoms with Crippen molar-refractivity contribution in [2.75, 3.05) is 6.54 Å².